The third-order valence-corrected chi connectivity index (χ3v) is 8.39. The van der Waals surface area contributed by atoms with Crippen LogP contribution in [0.15, 0.2) is 72.9 Å². The molecule has 2 fully saturated rings. The molecule has 2 saturated carbocycles. The molecule has 4 nitrogen and oxygen atoms in total. The molecule has 1 amide bonds. The van der Waals surface area contributed by atoms with E-state index < -0.39 is 0 Å². The molecule has 4 aromatic rings. The van der Waals surface area contributed by atoms with Gasteiger partial charge in [-0.3, -0.25) is 4.79 Å². The Hall–Kier alpha value is -3.60. The van der Waals surface area contributed by atoms with Crippen molar-refractivity contribution in [1.82, 2.24) is 9.88 Å². The summed E-state index contributed by atoms with van der Waals surface area (Å²) in [6.45, 7) is 2.08. The van der Waals surface area contributed by atoms with Gasteiger partial charge in [0.1, 0.15) is 11.6 Å². The lowest BCUT2D eigenvalue weighted by atomic mass is 9.54. The van der Waals surface area contributed by atoms with Gasteiger partial charge in [0.2, 0.25) is 0 Å². The van der Waals surface area contributed by atoms with Crippen LogP contribution >= 0.6 is 0 Å². The maximum absolute atomic E-state index is 14.8. The third-order valence-electron chi connectivity index (χ3n) is 8.39. The van der Waals surface area contributed by atoms with E-state index in [1.54, 1.807) is 19.2 Å². The first-order chi connectivity index (χ1) is 17.5. The summed E-state index contributed by atoms with van der Waals surface area (Å²) in [5.41, 5.74) is 4.93. The molecule has 0 saturated heterocycles. The van der Waals surface area contributed by atoms with Gasteiger partial charge in [0, 0.05) is 17.6 Å². The minimum absolute atomic E-state index is 0.0721. The number of aromatic nitrogens is 1. The molecule has 1 N–H and O–H groups in total. The largest absolute Gasteiger partial charge is 0.497 e. The summed E-state index contributed by atoms with van der Waals surface area (Å²) >= 11 is 0. The van der Waals surface area contributed by atoms with Crippen LogP contribution in [0.1, 0.15) is 61.0 Å². The number of methoxy groups -OCH3 is 1. The average Bonchev–Trinajstić information content (AvgIpc) is 3.30. The number of benzene rings is 3. The smallest absolute Gasteiger partial charge is 0.253 e. The zero-order valence-electron chi connectivity index (χ0n) is 20.8. The summed E-state index contributed by atoms with van der Waals surface area (Å²) < 4.78 is 22.1. The Morgan fingerprint density at radius 2 is 1.83 bits per heavy atom. The molecule has 0 radical (unpaired) electrons. The Labute approximate surface area is 211 Å². The second kappa shape index (κ2) is 8.81. The molecule has 1 aromatic heterocycles. The van der Waals surface area contributed by atoms with Gasteiger partial charge in [-0.05, 0) is 85.0 Å². The molecule has 3 aromatic carbocycles. The van der Waals surface area contributed by atoms with E-state index in [9.17, 15) is 9.18 Å². The van der Waals surface area contributed by atoms with Gasteiger partial charge in [-0.15, -0.1) is 0 Å². The summed E-state index contributed by atoms with van der Waals surface area (Å²) in [5.74, 6) is 0.402. The van der Waals surface area contributed by atoms with E-state index in [1.807, 2.05) is 29.0 Å². The number of amides is 1. The lowest BCUT2D eigenvalue weighted by Crippen LogP contribution is -2.53. The molecule has 36 heavy (non-hydrogen) atoms. The van der Waals surface area contributed by atoms with Gasteiger partial charge in [-0.2, -0.15) is 0 Å². The topological polar surface area (TPSA) is 43.3 Å². The first-order valence-electron chi connectivity index (χ1n) is 12.8. The third kappa shape index (κ3) is 3.87. The minimum Gasteiger partial charge on any atom is -0.497 e. The number of halogens is 1. The Balaban J connectivity index is 1.28. The second-order valence-corrected chi connectivity index (χ2v) is 10.5. The molecule has 1 spiro atoms. The molecule has 0 aliphatic heterocycles. The maximum Gasteiger partial charge on any atom is 0.253 e. The number of nitrogens with one attached hydrogen (secondary N) is 1. The standard InChI is InChI=1S/C31H31FN2O2/c1-20(21-7-9-22(10-8-21)23-5-3-6-25(17-23)36-2)34-16-13-26-28(32)12-11-27(29(26)34)30(35)33-24-18-31(19-24)14-4-15-31/h3,5-13,16-17,20,24H,4,14-15,18-19H2,1-2H3,(H,33,35)/t20-/m1/s1. The number of rotatable bonds is 6. The van der Waals surface area contributed by atoms with Gasteiger partial charge in [0.25, 0.3) is 5.91 Å². The molecule has 0 bridgehead atoms. The van der Waals surface area contributed by atoms with Crippen molar-refractivity contribution >= 4 is 16.8 Å². The fourth-order valence-corrected chi connectivity index (χ4v) is 6.11. The zero-order valence-corrected chi connectivity index (χ0v) is 20.8. The van der Waals surface area contributed by atoms with Crippen molar-refractivity contribution in [2.45, 2.75) is 51.1 Å². The van der Waals surface area contributed by atoms with E-state index >= 15 is 0 Å². The molecule has 2 aliphatic rings. The highest BCUT2D eigenvalue weighted by atomic mass is 19.1. The normalized spacial score (nSPS) is 17.4. The van der Waals surface area contributed by atoms with E-state index in [1.165, 1.54) is 25.3 Å². The molecule has 0 unspecified atom stereocenters. The predicted octanol–water partition coefficient (Wildman–Crippen LogP) is 7.13. The first kappa shape index (κ1) is 22.8. The van der Waals surface area contributed by atoms with Gasteiger partial charge in [0.05, 0.1) is 24.2 Å². The van der Waals surface area contributed by atoms with Crippen LogP contribution in [-0.4, -0.2) is 23.6 Å². The van der Waals surface area contributed by atoms with Crippen LogP contribution < -0.4 is 10.1 Å². The van der Waals surface area contributed by atoms with Gasteiger partial charge in [-0.25, -0.2) is 4.39 Å². The first-order valence-corrected chi connectivity index (χ1v) is 12.8. The minimum atomic E-state index is -0.307. The molecule has 5 heteroatoms. The van der Waals surface area contributed by atoms with Gasteiger partial charge in [0.15, 0.2) is 0 Å². The molecule has 1 atom stereocenters. The molecule has 184 valence electrons. The van der Waals surface area contributed by atoms with E-state index in [2.05, 4.69) is 42.6 Å². The highest BCUT2D eigenvalue weighted by Crippen LogP contribution is 2.55. The van der Waals surface area contributed by atoms with Crippen molar-refractivity contribution in [2.24, 2.45) is 5.41 Å². The average molecular weight is 483 g/mol. The van der Waals surface area contributed by atoms with Crippen LogP contribution in [0.4, 0.5) is 4.39 Å². The van der Waals surface area contributed by atoms with Gasteiger partial charge >= 0.3 is 0 Å². The van der Waals surface area contributed by atoms with Crippen LogP contribution in [0.5, 0.6) is 5.75 Å². The quantitative estimate of drug-likeness (QED) is 0.318. The number of hydrogen-bond acceptors (Lipinski definition) is 2. The molecular formula is C31H31FN2O2. The van der Waals surface area contributed by atoms with Crippen molar-refractivity contribution in [3.8, 4) is 16.9 Å². The van der Waals surface area contributed by atoms with Crippen molar-refractivity contribution in [2.75, 3.05) is 7.11 Å². The highest BCUT2D eigenvalue weighted by Gasteiger charge is 2.48. The van der Waals surface area contributed by atoms with Crippen molar-refractivity contribution < 1.29 is 13.9 Å². The Kier molecular flexibility index (Phi) is 5.59. The van der Waals surface area contributed by atoms with E-state index in [0.29, 0.717) is 21.9 Å². The number of carbonyl (C=O) groups excluding carboxylic acids is 1. The lowest BCUT2D eigenvalue weighted by molar-refractivity contribution is -0.000603. The SMILES string of the molecule is COc1cccc(-c2ccc([C@@H](C)n3ccc4c(F)ccc(C(=O)NC5CC6(CCC6)C5)c43)cc2)c1. The van der Waals surface area contributed by atoms with Crippen molar-refractivity contribution in [1.29, 1.82) is 0 Å². The Morgan fingerprint density at radius 3 is 2.53 bits per heavy atom. The van der Waals surface area contributed by atoms with Crippen LogP contribution in [0, 0.1) is 11.2 Å². The zero-order chi connectivity index (χ0) is 24.9. The Morgan fingerprint density at radius 1 is 1.06 bits per heavy atom. The predicted molar refractivity (Wildman–Crippen MR) is 141 cm³/mol. The summed E-state index contributed by atoms with van der Waals surface area (Å²) in [4.78, 5) is 13.3. The number of nitrogens with zero attached hydrogens (tertiary/aromatic N) is 1. The molecule has 1 heterocycles. The number of fused-ring (bicyclic) bond motifs is 1. The van der Waals surface area contributed by atoms with Crippen LogP contribution in [-0.2, 0) is 0 Å². The summed E-state index contributed by atoms with van der Waals surface area (Å²) in [7, 11) is 1.67. The summed E-state index contributed by atoms with van der Waals surface area (Å²) in [6, 6.07) is 21.3. The molecule has 2 aliphatic carbocycles. The van der Waals surface area contributed by atoms with E-state index in [-0.39, 0.29) is 23.8 Å². The van der Waals surface area contributed by atoms with Crippen molar-refractivity contribution in [3.63, 3.8) is 0 Å². The molecular weight excluding hydrogens is 451 g/mol. The van der Waals surface area contributed by atoms with Crippen LogP contribution in [0.2, 0.25) is 0 Å². The maximum atomic E-state index is 14.8. The summed E-state index contributed by atoms with van der Waals surface area (Å²) in [6.07, 6.45) is 7.91. The van der Waals surface area contributed by atoms with Crippen LogP contribution in [0.3, 0.4) is 0 Å². The molecule has 6 rings (SSSR count). The Bertz CT molecular complexity index is 1430. The lowest BCUT2D eigenvalue weighted by Gasteiger charge is -2.54. The highest BCUT2D eigenvalue weighted by molar-refractivity contribution is 6.06. The second-order valence-electron chi connectivity index (χ2n) is 10.5. The number of carbonyl (C=O) groups is 1. The van der Waals surface area contributed by atoms with Crippen molar-refractivity contribution in [3.05, 3.63) is 89.9 Å². The monoisotopic (exact) mass is 482 g/mol. The van der Waals surface area contributed by atoms with Crippen LogP contribution in [0.25, 0.3) is 22.0 Å². The van der Waals surface area contributed by atoms with E-state index in [4.69, 9.17) is 4.74 Å². The van der Waals surface area contributed by atoms with Gasteiger partial charge in [-0.1, -0.05) is 42.8 Å². The fourth-order valence-electron chi connectivity index (χ4n) is 6.11. The van der Waals surface area contributed by atoms with E-state index in [0.717, 1.165) is 35.3 Å². The summed E-state index contributed by atoms with van der Waals surface area (Å²) in [5, 5.41) is 3.69. The van der Waals surface area contributed by atoms with Gasteiger partial charge < -0.3 is 14.6 Å². The number of ether oxygens (including phenoxy) is 1. The number of hydrogen-bond donors (Lipinski definition) is 1. The fraction of sp³-hybridized carbons (Fsp3) is 0.323.